The van der Waals surface area contributed by atoms with Crippen molar-refractivity contribution in [3.63, 3.8) is 0 Å². The molecular weight excluding hydrogens is 628 g/mol. The Balaban J connectivity index is 1.08. The van der Waals surface area contributed by atoms with E-state index in [0.29, 0.717) is 30.6 Å². The van der Waals surface area contributed by atoms with E-state index in [2.05, 4.69) is 88.3 Å². The van der Waals surface area contributed by atoms with Crippen LogP contribution in [0, 0.1) is 0 Å². The monoisotopic (exact) mass is 656 g/mol. The number of hydrogen-bond donors (Lipinski definition) is 0. The Labute approximate surface area is 284 Å². The molecule has 1 aliphatic carbocycles. The first-order chi connectivity index (χ1) is 24.8. The van der Waals surface area contributed by atoms with Crippen LogP contribution in [0.3, 0.4) is 0 Å². The molecule has 0 N–H and O–H groups in total. The quantitative estimate of drug-likeness (QED) is 0.184. The molecule has 5 aromatic carbocycles. The summed E-state index contributed by atoms with van der Waals surface area (Å²) in [6.07, 6.45) is 6.57. The van der Waals surface area contributed by atoms with Crippen LogP contribution < -0.4 is 15.7 Å². The smallest absolute Gasteiger partial charge is 0.221 e. The normalized spacial score (nSPS) is 17.2. The van der Waals surface area contributed by atoms with Crippen molar-refractivity contribution >= 4 is 67.5 Å². The van der Waals surface area contributed by atoms with E-state index in [0.717, 1.165) is 83.5 Å². The van der Waals surface area contributed by atoms with E-state index in [1.807, 2.05) is 24.8 Å². The van der Waals surface area contributed by atoms with Crippen molar-refractivity contribution in [2.45, 2.75) is 38.9 Å². The second-order valence-electron chi connectivity index (χ2n) is 12.9. The lowest BCUT2D eigenvalue weighted by Crippen LogP contribution is -2.37. The van der Waals surface area contributed by atoms with Gasteiger partial charge in [-0.2, -0.15) is 0 Å². The highest BCUT2D eigenvalue weighted by Crippen LogP contribution is 2.36. The van der Waals surface area contributed by atoms with Crippen molar-refractivity contribution in [2.24, 2.45) is 4.99 Å². The molecule has 8 bridgehead atoms. The van der Waals surface area contributed by atoms with Gasteiger partial charge in [-0.15, -0.1) is 0 Å². The van der Waals surface area contributed by atoms with E-state index in [1.54, 1.807) is 0 Å². The maximum absolute atomic E-state index is 6.48. The zero-order valence-corrected chi connectivity index (χ0v) is 26.7. The summed E-state index contributed by atoms with van der Waals surface area (Å²) in [5, 5.41) is 5.27. The Morgan fingerprint density at radius 3 is 2.16 bits per heavy atom. The molecule has 0 radical (unpaired) electrons. The fourth-order valence-electron chi connectivity index (χ4n) is 7.70. The first-order valence-corrected chi connectivity index (χ1v) is 16.7. The summed E-state index contributed by atoms with van der Waals surface area (Å²) in [6, 6.07) is 29.3. The first kappa shape index (κ1) is 27.8. The predicted molar refractivity (Wildman–Crippen MR) is 190 cm³/mol. The molecule has 0 saturated carbocycles. The number of benzene rings is 5. The van der Waals surface area contributed by atoms with Crippen molar-refractivity contribution in [3.8, 4) is 5.69 Å². The lowest BCUT2D eigenvalue weighted by molar-refractivity contribution is 0.0745. The highest BCUT2D eigenvalue weighted by molar-refractivity contribution is 6.08. The van der Waals surface area contributed by atoms with Crippen molar-refractivity contribution < 1.29 is 18.3 Å². The molecule has 10 nitrogen and oxygen atoms in total. The number of nitrogens with zero attached hydrogens (tertiary/aromatic N) is 6. The molecule has 50 heavy (non-hydrogen) atoms. The third kappa shape index (κ3) is 4.15. The Hall–Kier alpha value is -6.10. The number of rotatable bonds is 0. The van der Waals surface area contributed by atoms with Crippen LogP contribution in [0.5, 0.6) is 0 Å². The third-order valence-electron chi connectivity index (χ3n) is 9.98. The van der Waals surface area contributed by atoms with E-state index in [4.69, 9.17) is 38.3 Å². The minimum atomic E-state index is -0.0343. The van der Waals surface area contributed by atoms with Gasteiger partial charge < -0.3 is 18.3 Å². The van der Waals surface area contributed by atoms with Crippen LogP contribution in [0.2, 0.25) is 0 Å². The summed E-state index contributed by atoms with van der Waals surface area (Å²) in [5.74, 6) is 0.958. The molecule has 4 aliphatic heterocycles. The van der Waals surface area contributed by atoms with Gasteiger partial charge >= 0.3 is 0 Å². The van der Waals surface area contributed by atoms with Gasteiger partial charge in [-0.3, -0.25) is 14.5 Å². The van der Waals surface area contributed by atoms with Crippen LogP contribution in [-0.4, -0.2) is 31.9 Å². The highest BCUT2D eigenvalue weighted by Gasteiger charge is 2.31. The summed E-state index contributed by atoms with van der Waals surface area (Å²) in [4.78, 5) is 21.6. The average molecular weight is 657 g/mol. The van der Waals surface area contributed by atoms with Gasteiger partial charge in [-0.1, -0.05) is 60.7 Å². The number of hydrogen-bond acceptors (Lipinski definition) is 9. The molecule has 0 spiro atoms. The predicted octanol–water partition coefficient (Wildman–Crippen LogP) is 6.42. The summed E-state index contributed by atoms with van der Waals surface area (Å²) in [5.41, 5.74) is 9.13. The van der Waals surface area contributed by atoms with Gasteiger partial charge in [-0.05, 0) is 58.7 Å². The molecule has 242 valence electrons. The molecule has 13 rings (SSSR count). The zero-order valence-electron chi connectivity index (χ0n) is 26.7. The Kier molecular flexibility index (Phi) is 5.95. The average Bonchev–Trinajstić information content (AvgIpc) is 3.95. The zero-order chi connectivity index (χ0) is 32.8. The number of imidazole rings is 1. The summed E-state index contributed by atoms with van der Waals surface area (Å²) < 4.78 is 27.1. The van der Waals surface area contributed by atoms with Gasteiger partial charge in [0.1, 0.15) is 35.9 Å². The molecule has 0 fully saturated rings. The van der Waals surface area contributed by atoms with E-state index in [-0.39, 0.29) is 19.3 Å². The van der Waals surface area contributed by atoms with Crippen LogP contribution in [0.1, 0.15) is 29.3 Å². The molecule has 0 unspecified atom stereocenters. The molecule has 5 aliphatic rings. The maximum Gasteiger partial charge on any atom is 0.221 e. The third-order valence-corrected chi connectivity index (χ3v) is 9.98. The largest absolute Gasteiger partial charge is 0.438 e. The lowest BCUT2D eigenvalue weighted by atomic mass is 10.0. The number of aromatic nitrogens is 4. The van der Waals surface area contributed by atoms with Gasteiger partial charge in [0.2, 0.25) is 11.8 Å². The van der Waals surface area contributed by atoms with Crippen LogP contribution >= 0.6 is 0 Å². The maximum atomic E-state index is 6.48. The lowest BCUT2D eigenvalue weighted by Gasteiger charge is -2.23. The summed E-state index contributed by atoms with van der Waals surface area (Å²) in [6.45, 7) is 1.26. The van der Waals surface area contributed by atoms with Crippen LogP contribution in [0.4, 0.5) is 5.69 Å². The number of aliphatic imine (C=N–C) groups is 1. The Bertz CT molecular complexity index is 2850. The molecule has 7 heterocycles. The molecule has 3 aromatic heterocycles. The van der Waals surface area contributed by atoms with Crippen molar-refractivity contribution in [1.29, 1.82) is 0 Å². The standard InChI is InChI=1S/C40H28N6O4/c1-3-7-27-25(5-1)23-9-13-31(27)45-21-41-29-11-15-33-37(39(29)45)43-35(49-33)19-48-20-36-44-38-34(50-36)16-12-30-40(38)46(22-42-30)32-14-10-24(18-47-17-23)26-6-2-4-8-28(26)32/h1-11,13-16,21-22,30H,12,17-20H2/t30-/m1/s1. The molecule has 0 amide bonds. The second kappa shape index (κ2) is 10.7. The fourth-order valence-corrected chi connectivity index (χ4v) is 7.70. The summed E-state index contributed by atoms with van der Waals surface area (Å²) >= 11 is 0. The van der Waals surface area contributed by atoms with Crippen LogP contribution in [-0.2, 0) is 35.9 Å². The second-order valence-corrected chi connectivity index (χ2v) is 12.9. The van der Waals surface area contributed by atoms with Crippen molar-refractivity contribution in [1.82, 2.24) is 19.5 Å². The topological polar surface area (TPSA) is 104 Å². The summed E-state index contributed by atoms with van der Waals surface area (Å²) in [7, 11) is 0. The van der Waals surface area contributed by atoms with Crippen molar-refractivity contribution in [3.05, 3.63) is 125 Å². The highest BCUT2D eigenvalue weighted by atomic mass is 16.5. The molecule has 8 aromatic rings. The minimum absolute atomic E-state index is 0.0343. The van der Waals surface area contributed by atoms with E-state index < -0.39 is 0 Å². The van der Waals surface area contributed by atoms with Gasteiger partial charge in [0.05, 0.1) is 48.2 Å². The minimum Gasteiger partial charge on any atom is -0.438 e. The van der Waals surface area contributed by atoms with Gasteiger partial charge in [0, 0.05) is 10.8 Å². The van der Waals surface area contributed by atoms with E-state index in [9.17, 15) is 0 Å². The Morgan fingerprint density at radius 1 is 0.660 bits per heavy atom. The van der Waals surface area contributed by atoms with Crippen LogP contribution in [0.15, 0.2) is 105 Å². The fraction of sp³-hybridized carbons (Fsp3) is 0.150. The van der Waals surface area contributed by atoms with Gasteiger partial charge in [0.15, 0.2) is 11.0 Å². The van der Waals surface area contributed by atoms with E-state index in [1.165, 1.54) is 0 Å². The van der Waals surface area contributed by atoms with E-state index >= 15 is 0 Å². The number of oxazole rings is 2. The first-order valence-electron chi connectivity index (χ1n) is 16.7. The van der Waals surface area contributed by atoms with Crippen molar-refractivity contribution in [2.75, 3.05) is 4.90 Å². The molecular formula is C40H28N6O4. The molecule has 1 atom stereocenters. The SMILES string of the molecule is C1=N[C@@H]2CC=c3oc4nc3=C2N1c1ccc(c2ccccc12)COCc1ccc(c2ccccc12)-n1cnc2ccc3oc(nc3c21)COC4. The van der Waals surface area contributed by atoms with Gasteiger partial charge in [0.25, 0.3) is 0 Å². The molecule has 0 saturated heterocycles. The molecule has 10 heteroatoms. The van der Waals surface area contributed by atoms with Gasteiger partial charge in [-0.25, -0.2) is 15.0 Å². The Morgan fingerprint density at radius 2 is 1.36 bits per heavy atom. The van der Waals surface area contributed by atoms with Crippen LogP contribution in [0.25, 0.3) is 61.1 Å². The number of anilines is 1. The number of ether oxygens (including phenoxy) is 2.